The van der Waals surface area contributed by atoms with Gasteiger partial charge in [0.25, 0.3) is 5.91 Å². The van der Waals surface area contributed by atoms with Gasteiger partial charge in [-0.1, -0.05) is 54.1 Å². The summed E-state index contributed by atoms with van der Waals surface area (Å²) in [4.78, 5) is 13.3. The standard InChI is InChI=1S/C27H23ClN4O/c1-16-12-13-21(14-25(16)28)32-27(33)24(18(3)30-32)15-23-17(2)29-31(19(23)4)26-11-7-9-20-8-5-6-10-22(20)26/h5-15H,1-4H3/b24-15+. The van der Waals surface area contributed by atoms with Crippen LogP contribution in [-0.2, 0) is 4.79 Å². The number of hydrazone groups is 1. The lowest BCUT2D eigenvalue weighted by molar-refractivity contribution is -0.114. The van der Waals surface area contributed by atoms with Gasteiger partial charge in [-0.25, -0.2) is 4.68 Å². The molecule has 0 bridgehead atoms. The maximum Gasteiger partial charge on any atom is 0.280 e. The van der Waals surface area contributed by atoms with Gasteiger partial charge in [0.2, 0.25) is 0 Å². The Morgan fingerprint density at radius 2 is 1.70 bits per heavy atom. The van der Waals surface area contributed by atoms with Crippen LogP contribution in [0.25, 0.3) is 22.5 Å². The van der Waals surface area contributed by atoms with E-state index >= 15 is 0 Å². The van der Waals surface area contributed by atoms with Crippen LogP contribution >= 0.6 is 11.6 Å². The van der Waals surface area contributed by atoms with E-state index in [1.807, 2.05) is 68.8 Å². The molecule has 0 atom stereocenters. The first-order chi connectivity index (χ1) is 15.8. The molecule has 0 radical (unpaired) electrons. The third-order valence-electron chi connectivity index (χ3n) is 6.09. The molecule has 0 saturated heterocycles. The van der Waals surface area contributed by atoms with E-state index in [1.165, 1.54) is 5.01 Å². The summed E-state index contributed by atoms with van der Waals surface area (Å²) in [6, 6.07) is 20.0. The smallest absolute Gasteiger partial charge is 0.267 e. The highest BCUT2D eigenvalue weighted by Crippen LogP contribution is 2.31. The number of carbonyl (C=O) groups is 1. The van der Waals surface area contributed by atoms with Crippen LogP contribution in [0.5, 0.6) is 0 Å². The second-order valence-electron chi connectivity index (χ2n) is 8.29. The highest BCUT2D eigenvalue weighted by Gasteiger charge is 2.30. The number of aryl methyl sites for hydroxylation is 2. The molecule has 5 nitrogen and oxygen atoms in total. The average molecular weight is 455 g/mol. The van der Waals surface area contributed by atoms with Crippen LogP contribution in [0.4, 0.5) is 5.69 Å². The van der Waals surface area contributed by atoms with E-state index in [9.17, 15) is 4.79 Å². The van der Waals surface area contributed by atoms with Gasteiger partial charge in [-0.3, -0.25) is 4.79 Å². The monoisotopic (exact) mass is 454 g/mol. The van der Waals surface area contributed by atoms with Crippen LogP contribution in [0, 0.1) is 20.8 Å². The zero-order chi connectivity index (χ0) is 23.3. The first kappa shape index (κ1) is 21.2. The Bertz CT molecular complexity index is 1490. The van der Waals surface area contributed by atoms with Crippen LogP contribution in [0.1, 0.15) is 29.4 Å². The van der Waals surface area contributed by atoms with Gasteiger partial charge in [0, 0.05) is 21.7 Å². The summed E-state index contributed by atoms with van der Waals surface area (Å²) >= 11 is 6.27. The molecule has 0 saturated carbocycles. The molecule has 2 heterocycles. The second kappa shape index (κ2) is 8.01. The molecule has 1 aliphatic rings. The zero-order valence-electron chi connectivity index (χ0n) is 18.9. The van der Waals surface area contributed by atoms with Gasteiger partial charge >= 0.3 is 0 Å². The lowest BCUT2D eigenvalue weighted by Gasteiger charge is -2.12. The summed E-state index contributed by atoms with van der Waals surface area (Å²) in [6.07, 6.45) is 1.90. The molecule has 0 aliphatic carbocycles. The molecular weight excluding hydrogens is 432 g/mol. The summed E-state index contributed by atoms with van der Waals surface area (Å²) in [5.41, 5.74) is 6.57. The zero-order valence-corrected chi connectivity index (χ0v) is 19.7. The van der Waals surface area contributed by atoms with Crippen molar-refractivity contribution in [3.63, 3.8) is 0 Å². The van der Waals surface area contributed by atoms with Crippen molar-refractivity contribution in [1.82, 2.24) is 9.78 Å². The fourth-order valence-corrected chi connectivity index (χ4v) is 4.38. The van der Waals surface area contributed by atoms with Gasteiger partial charge in [-0.15, -0.1) is 0 Å². The van der Waals surface area contributed by atoms with E-state index in [0.717, 1.165) is 39.0 Å². The van der Waals surface area contributed by atoms with Crippen LogP contribution in [0.15, 0.2) is 71.3 Å². The molecule has 1 aliphatic heterocycles. The van der Waals surface area contributed by atoms with E-state index in [4.69, 9.17) is 16.7 Å². The number of benzene rings is 3. The molecule has 3 aromatic carbocycles. The first-order valence-electron chi connectivity index (χ1n) is 10.8. The fraction of sp³-hybridized carbons (Fsp3) is 0.148. The number of nitrogens with zero attached hydrogens (tertiary/aromatic N) is 4. The predicted molar refractivity (Wildman–Crippen MR) is 135 cm³/mol. The number of anilines is 1. The number of hydrogen-bond donors (Lipinski definition) is 0. The Morgan fingerprint density at radius 3 is 2.48 bits per heavy atom. The van der Waals surface area contributed by atoms with Crippen LogP contribution in [-0.4, -0.2) is 21.4 Å². The van der Waals surface area contributed by atoms with Crippen molar-refractivity contribution in [3.05, 3.63) is 93.8 Å². The Morgan fingerprint density at radius 1 is 0.939 bits per heavy atom. The lowest BCUT2D eigenvalue weighted by atomic mass is 10.1. The maximum atomic E-state index is 13.3. The van der Waals surface area contributed by atoms with E-state index in [0.29, 0.717) is 22.0 Å². The molecule has 4 aromatic rings. The van der Waals surface area contributed by atoms with Crippen molar-refractivity contribution >= 4 is 45.8 Å². The minimum atomic E-state index is -0.177. The van der Waals surface area contributed by atoms with Crippen molar-refractivity contribution in [2.24, 2.45) is 5.10 Å². The van der Waals surface area contributed by atoms with Crippen molar-refractivity contribution in [3.8, 4) is 5.69 Å². The summed E-state index contributed by atoms with van der Waals surface area (Å²) in [5, 5.41) is 13.6. The summed E-state index contributed by atoms with van der Waals surface area (Å²) in [6.45, 7) is 7.76. The van der Waals surface area contributed by atoms with Crippen LogP contribution in [0.3, 0.4) is 0 Å². The Balaban J connectivity index is 1.56. The van der Waals surface area contributed by atoms with Crippen LogP contribution < -0.4 is 5.01 Å². The molecule has 164 valence electrons. The van der Waals surface area contributed by atoms with E-state index < -0.39 is 0 Å². The molecule has 0 N–H and O–H groups in total. The second-order valence-corrected chi connectivity index (χ2v) is 8.70. The molecule has 0 fully saturated rings. The number of rotatable bonds is 3. The van der Waals surface area contributed by atoms with Gasteiger partial charge in [0.05, 0.1) is 28.4 Å². The maximum absolute atomic E-state index is 13.3. The molecule has 0 unspecified atom stereocenters. The van der Waals surface area contributed by atoms with Crippen LogP contribution in [0.2, 0.25) is 5.02 Å². The van der Waals surface area contributed by atoms with E-state index in [1.54, 1.807) is 6.07 Å². The SMILES string of the molecule is CC1=NN(c2ccc(C)c(Cl)c2)C(=O)/C1=C/c1c(C)nn(-c2cccc3ccccc23)c1C. The molecule has 0 spiro atoms. The number of hydrogen-bond acceptors (Lipinski definition) is 3. The Labute approximate surface area is 197 Å². The highest BCUT2D eigenvalue weighted by atomic mass is 35.5. The quantitative estimate of drug-likeness (QED) is 0.336. The molecule has 1 aromatic heterocycles. The van der Waals surface area contributed by atoms with Gasteiger partial charge in [-0.2, -0.15) is 15.2 Å². The van der Waals surface area contributed by atoms with Gasteiger partial charge in [0.15, 0.2) is 0 Å². The molecular formula is C27H23ClN4O. The average Bonchev–Trinajstić information content (AvgIpc) is 3.25. The summed E-state index contributed by atoms with van der Waals surface area (Å²) in [7, 11) is 0. The predicted octanol–water partition coefficient (Wildman–Crippen LogP) is 6.41. The molecule has 5 rings (SSSR count). The normalized spacial score (nSPS) is 15.1. The highest BCUT2D eigenvalue weighted by molar-refractivity contribution is 6.33. The number of carbonyl (C=O) groups excluding carboxylic acids is 1. The number of aromatic nitrogens is 2. The van der Waals surface area contributed by atoms with Gasteiger partial charge in [-0.05, 0) is 62.9 Å². The number of amides is 1. The minimum absolute atomic E-state index is 0.177. The third-order valence-corrected chi connectivity index (χ3v) is 6.50. The van der Waals surface area contributed by atoms with E-state index in [-0.39, 0.29) is 5.91 Å². The van der Waals surface area contributed by atoms with E-state index in [2.05, 4.69) is 29.4 Å². The Hall–Kier alpha value is -3.70. The lowest BCUT2D eigenvalue weighted by Crippen LogP contribution is -2.21. The summed E-state index contributed by atoms with van der Waals surface area (Å²) in [5.74, 6) is -0.177. The molecule has 1 amide bonds. The number of halogens is 1. The van der Waals surface area contributed by atoms with Gasteiger partial charge in [0.1, 0.15) is 0 Å². The Kier molecular flexibility index (Phi) is 5.14. The van der Waals surface area contributed by atoms with Crippen molar-refractivity contribution < 1.29 is 4.79 Å². The molecule has 6 heteroatoms. The van der Waals surface area contributed by atoms with Crippen molar-refractivity contribution in [2.45, 2.75) is 27.7 Å². The minimum Gasteiger partial charge on any atom is -0.267 e. The fourth-order valence-electron chi connectivity index (χ4n) is 4.21. The third kappa shape index (κ3) is 3.55. The van der Waals surface area contributed by atoms with Gasteiger partial charge < -0.3 is 0 Å². The molecule has 33 heavy (non-hydrogen) atoms. The first-order valence-corrected chi connectivity index (χ1v) is 11.1. The number of fused-ring (bicyclic) bond motifs is 1. The van der Waals surface area contributed by atoms with Crippen molar-refractivity contribution in [2.75, 3.05) is 5.01 Å². The topological polar surface area (TPSA) is 50.5 Å². The summed E-state index contributed by atoms with van der Waals surface area (Å²) < 4.78 is 1.95. The largest absolute Gasteiger partial charge is 0.280 e. The van der Waals surface area contributed by atoms with Crippen molar-refractivity contribution in [1.29, 1.82) is 0 Å².